The molecule has 1 amide bonds. The lowest BCUT2D eigenvalue weighted by Gasteiger charge is -2.27. The Morgan fingerprint density at radius 2 is 1.93 bits per heavy atom. The summed E-state index contributed by atoms with van der Waals surface area (Å²) >= 11 is 0. The fraction of sp³-hybridized carbons (Fsp3) is 0.348. The van der Waals surface area contributed by atoms with Gasteiger partial charge in [0.15, 0.2) is 0 Å². The fourth-order valence-electron chi connectivity index (χ4n) is 3.91. The molecule has 2 aliphatic rings. The zero-order valence-electron chi connectivity index (χ0n) is 15.5. The minimum absolute atomic E-state index is 0.0730. The summed E-state index contributed by atoms with van der Waals surface area (Å²) in [6.07, 6.45) is 4.90. The van der Waals surface area contributed by atoms with E-state index in [-0.39, 0.29) is 5.91 Å². The van der Waals surface area contributed by atoms with Crippen molar-refractivity contribution in [3.63, 3.8) is 0 Å². The Hall–Kier alpha value is -2.43. The van der Waals surface area contributed by atoms with Gasteiger partial charge in [-0.05, 0) is 47.6 Å². The van der Waals surface area contributed by atoms with Crippen LogP contribution in [0, 0.1) is 0 Å². The van der Waals surface area contributed by atoms with E-state index in [0.717, 1.165) is 55.7 Å². The van der Waals surface area contributed by atoms with E-state index >= 15 is 0 Å². The maximum Gasteiger partial charge on any atom is 0.224 e. The van der Waals surface area contributed by atoms with E-state index in [2.05, 4.69) is 46.6 Å². The normalized spacial score (nSPS) is 18.4. The molecule has 2 aromatic carbocycles. The third-order valence-electron chi connectivity index (χ3n) is 5.57. The molecular formula is C23H26N2O2. The summed E-state index contributed by atoms with van der Waals surface area (Å²) in [5.74, 6) is 0.0730. The number of fused-ring (bicyclic) bond motifs is 1. The molecule has 0 aromatic heterocycles. The molecule has 0 saturated carbocycles. The van der Waals surface area contributed by atoms with Crippen molar-refractivity contribution in [1.82, 2.24) is 4.90 Å². The van der Waals surface area contributed by atoms with E-state index < -0.39 is 6.10 Å². The van der Waals surface area contributed by atoms with Crippen molar-refractivity contribution in [2.24, 2.45) is 0 Å². The molecule has 140 valence electrons. The molecule has 27 heavy (non-hydrogen) atoms. The van der Waals surface area contributed by atoms with Crippen molar-refractivity contribution in [2.45, 2.75) is 31.8 Å². The van der Waals surface area contributed by atoms with Crippen LogP contribution in [0.1, 0.15) is 42.1 Å². The maximum atomic E-state index is 11.5. The van der Waals surface area contributed by atoms with Crippen LogP contribution in [0.2, 0.25) is 0 Å². The molecule has 0 saturated heterocycles. The molecule has 0 spiro atoms. The first-order chi connectivity index (χ1) is 13.2. The first-order valence-electron chi connectivity index (χ1n) is 9.76. The highest BCUT2D eigenvalue weighted by Crippen LogP contribution is 2.28. The highest BCUT2D eigenvalue weighted by molar-refractivity contribution is 5.93. The minimum atomic E-state index is -0.465. The van der Waals surface area contributed by atoms with Crippen LogP contribution >= 0.6 is 0 Å². The number of nitrogens with zero attached hydrogens (tertiary/aromatic N) is 1. The summed E-state index contributed by atoms with van der Waals surface area (Å²) in [5, 5.41) is 13.5. The maximum absolute atomic E-state index is 11.5. The number of carbonyl (C=O) groups excluding carboxylic acids is 1. The minimum Gasteiger partial charge on any atom is -0.388 e. The Labute approximate surface area is 160 Å². The fourth-order valence-corrected chi connectivity index (χ4v) is 3.91. The largest absolute Gasteiger partial charge is 0.388 e. The molecule has 0 bridgehead atoms. The lowest BCUT2D eigenvalue weighted by molar-refractivity contribution is -0.116. The molecule has 1 atom stereocenters. The molecule has 1 unspecified atom stereocenters. The number of aryl methyl sites for hydroxylation is 1. The van der Waals surface area contributed by atoms with Crippen LogP contribution in [0.5, 0.6) is 0 Å². The van der Waals surface area contributed by atoms with Crippen LogP contribution in [0.15, 0.2) is 54.6 Å². The predicted octanol–water partition coefficient (Wildman–Crippen LogP) is 3.78. The smallest absolute Gasteiger partial charge is 0.224 e. The molecule has 4 nitrogen and oxygen atoms in total. The number of carbonyl (C=O) groups is 1. The van der Waals surface area contributed by atoms with Gasteiger partial charge in [-0.25, -0.2) is 0 Å². The molecule has 0 radical (unpaired) electrons. The number of benzene rings is 2. The second kappa shape index (κ2) is 8.07. The number of aliphatic hydroxyl groups excluding tert-OH is 1. The van der Waals surface area contributed by atoms with E-state index in [9.17, 15) is 9.90 Å². The van der Waals surface area contributed by atoms with Gasteiger partial charge in [0, 0.05) is 31.7 Å². The van der Waals surface area contributed by atoms with Crippen LogP contribution in [0.25, 0.3) is 5.57 Å². The summed E-state index contributed by atoms with van der Waals surface area (Å²) in [6, 6.07) is 16.5. The molecular weight excluding hydrogens is 336 g/mol. The summed E-state index contributed by atoms with van der Waals surface area (Å²) in [6.45, 7) is 2.85. The second-order valence-electron chi connectivity index (χ2n) is 7.42. The average molecular weight is 362 g/mol. The summed E-state index contributed by atoms with van der Waals surface area (Å²) < 4.78 is 0. The zero-order chi connectivity index (χ0) is 18.6. The van der Waals surface area contributed by atoms with Crippen molar-refractivity contribution in [1.29, 1.82) is 0 Å². The molecule has 2 N–H and O–H groups in total. The monoisotopic (exact) mass is 362 g/mol. The number of hydrogen-bond acceptors (Lipinski definition) is 3. The van der Waals surface area contributed by atoms with Gasteiger partial charge in [-0.1, -0.05) is 48.5 Å². The summed E-state index contributed by atoms with van der Waals surface area (Å²) in [7, 11) is 0. The molecule has 2 aromatic rings. The van der Waals surface area contributed by atoms with Gasteiger partial charge in [-0.3, -0.25) is 9.69 Å². The van der Waals surface area contributed by atoms with Gasteiger partial charge in [0.2, 0.25) is 5.91 Å². The summed E-state index contributed by atoms with van der Waals surface area (Å²) in [4.78, 5) is 13.9. The number of hydrogen-bond donors (Lipinski definition) is 2. The van der Waals surface area contributed by atoms with Gasteiger partial charge >= 0.3 is 0 Å². The van der Waals surface area contributed by atoms with E-state index in [4.69, 9.17) is 0 Å². The number of rotatable bonds is 5. The van der Waals surface area contributed by atoms with Gasteiger partial charge in [0.25, 0.3) is 0 Å². The lowest BCUT2D eigenvalue weighted by atomic mass is 9.96. The van der Waals surface area contributed by atoms with Crippen molar-refractivity contribution in [2.75, 3.05) is 25.0 Å². The van der Waals surface area contributed by atoms with Gasteiger partial charge in [-0.15, -0.1) is 0 Å². The molecule has 0 aliphatic carbocycles. The molecule has 4 rings (SSSR count). The first-order valence-corrected chi connectivity index (χ1v) is 9.76. The quantitative estimate of drug-likeness (QED) is 0.851. The number of nitrogens with one attached hydrogen (secondary N) is 1. The Kier molecular flexibility index (Phi) is 5.37. The Bertz CT molecular complexity index is 845. The van der Waals surface area contributed by atoms with E-state index in [1.807, 2.05) is 18.2 Å². The van der Waals surface area contributed by atoms with E-state index in [1.54, 1.807) is 0 Å². The van der Waals surface area contributed by atoms with Gasteiger partial charge in [0.05, 0.1) is 6.10 Å². The standard InChI is InChI=1S/C23H26N2O2/c26-22(20-6-8-21-19(16-20)7-9-23(27)24-21)12-15-25-13-10-18(11-14-25)17-4-2-1-3-5-17/h1-6,8,10,16,22,26H,7,9,11-15H2,(H,24,27). The van der Waals surface area contributed by atoms with Crippen molar-refractivity contribution in [3.05, 3.63) is 71.3 Å². The van der Waals surface area contributed by atoms with E-state index in [1.165, 1.54) is 11.1 Å². The Morgan fingerprint density at radius 3 is 2.70 bits per heavy atom. The van der Waals surface area contributed by atoms with Gasteiger partial charge < -0.3 is 10.4 Å². The highest BCUT2D eigenvalue weighted by Gasteiger charge is 2.18. The number of anilines is 1. The van der Waals surface area contributed by atoms with Crippen molar-refractivity contribution in [3.8, 4) is 0 Å². The van der Waals surface area contributed by atoms with Crippen LogP contribution in [-0.4, -0.2) is 35.5 Å². The third kappa shape index (κ3) is 4.29. The van der Waals surface area contributed by atoms with Crippen molar-refractivity contribution < 1.29 is 9.90 Å². The van der Waals surface area contributed by atoms with Crippen LogP contribution in [0.3, 0.4) is 0 Å². The first kappa shape index (κ1) is 18.0. The summed E-state index contributed by atoms with van der Waals surface area (Å²) in [5.41, 5.74) is 5.70. The van der Waals surface area contributed by atoms with Gasteiger partial charge in [-0.2, -0.15) is 0 Å². The number of amides is 1. The lowest BCUT2D eigenvalue weighted by Crippen LogP contribution is -2.30. The van der Waals surface area contributed by atoms with E-state index in [0.29, 0.717) is 6.42 Å². The SMILES string of the molecule is O=C1CCc2cc(C(O)CCN3CC=C(c4ccccc4)CC3)ccc2N1. The van der Waals surface area contributed by atoms with Crippen molar-refractivity contribution >= 4 is 17.2 Å². The average Bonchev–Trinajstić information content (AvgIpc) is 2.72. The topological polar surface area (TPSA) is 52.6 Å². The highest BCUT2D eigenvalue weighted by atomic mass is 16.3. The molecule has 0 fully saturated rings. The Morgan fingerprint density at radius 1 is 1.07 bits per heavy atom. The van der Waals surface area contributed by atoms with Crippen LogP contribution in [0.4, 0.5) is 5.69 Å². The zero-order valence-corrected chi connectivity index (χ0v) is 15.5. The third-order valence-corrected chi connectivity index (χ3v) is 5.57. The van der Waals surface area contributed by atoms with Gasteiger partial charge in [0.1, 0.15) is 0 Å². The number of aliphatic hydroxyl groups is 1. The predicted molar refractivity (Wildman–Crippen MR) is 108 cm³/mol. The Balaban J connectivity index is 1.32. The van der Waals surface area contributed by atoms with Crippen LogP contribution in [-0.2, 0) is 11.2 Å². The second-order valence-corrected chi connectivity index (χ2v) is 7.42. The molecule has 2 aliphatic heterocycles. The van der Waals surface area contributed by atoms with Crippen LogP contribution < -0.4 is 5.32 Å². The molecule has 4 heteroatoms. The molecule has 2 heterocycles.